The highest BCUT2D eigenvalue weighted by Gasteiger charge is 2.45. The first kappa shape index (κ1) is 30.0. The molecule has 216 valence electrons. The molecule has 0 aliphatic carbocycles. The highest BCUT2D eigenvalue weighted by molar-refractivity contribution is 5.97. The van der Waals surface area contributed by atoms with Crippen LogP contribution in [0.1, 0.15) is 54.4 Å². The van der Waals surface area contributed by atoms with Crippen LogP contribution in [0.15, 0.2) is 42.5 Å². The molecule has 2 heterocycles. The zero-order chi connectivity index (χ0) is 28.6. The van der Waals surface area contributed by atoms with Crippen LogP contribution in [-0.2, 0) is 28.7 Å². The molecule has 1 atom stereocenters. The van der Waals surface area contributed by atoms with E-state index >= 15 is 0 Å². The molecule has 1 amide bonds. The summed E-state index contributed by atoms with van der Waals surface area (Å²) in [6.45, 7) is 5.56. The van der Waals surface area contributed by atoms with Crippen molar-refractivity contribution >= 4 is 11.6 Å². The molecule has 2 fully saturated rings. The van der Waals surface area contributed by atoms with Crippen LogP contribution < -0.4 is 10.6 Å². The van der Waals surface area contributed by atoms with E-state index in [2.05, 4.69) is 15.5 Å². The highest BCUT2D eigenvalue weighted by atomic mass is 19.4. The van der Waals surface area contributed by atoms with E-state index in [0.717, 1.165) is 49.4 Å². The summed E-state index contributed by atoms with van der Waals surface area (Å²) in [4.78, 5) is 16.0. The van der Waals surface area contributed by atoms with E-state index in [1.165, 1.54) is 31.4 Å². The Hall–Kier alpha value is -2.97. The van der Waals surface area contributed by atoms with Crippen LogP contribution in [0.5, 0.6) is 0 Å². The second-order valence-electron chi connectivity index (χ2n) is 10.7. The second-order valence-corrected chi connectivity index (χ2v) is 10.7. The summed E-state index contributed by atoms with van der Waals surface area (Å²) >= 11 is 0. The fourth-order valence-corrected chi connectivity index (χ4v) is 5.59. The third-order valence-corrected chi connectivity index (χ3v) is 7.84. The van der Waals surface area contributed by atoms with Gasteiger partial charge in [0.1, 0.15) is 5.60 Å². The number of likely N-dealkylation sites (tertiary alicyclic amines) is 1. The van der Waals surface area contributed by atoms with Crippen LogP contribution in [0.25, 0.3) is 0 Å². The van der Waals surface area contributed by atoms with Crippen molar-refractivity contribution in [2.75, 3.05) is 44.7 Å². The van der Waals surface area contributed by atoms with Crippen molar-refractivity contribution in [3.8, 4) is 6.07 Å². The summed E-state index contributed by atoms with van der Waals surface area (Å²) < 4.78 is 45.9. The van der Waals surface area contributed by atoms with Crippen molar-refractivity contribution in [3.05, 3.63) is 64.7 Å². The number of nitrogens with zero attached hydrogens (tertiary/aromatic N) is 2. The Morgan fingerprint density at radius 3 is 2.50 bits per heavy atom. The minimum Gasteiger partial charge on any atom is -0.381 e. The zero-order valence-electron chi connectivity index (χ0n) is 22.6. The van der Waals surface area contributed by atoms with Gasteiger partial charge in [-0.15, -0.1) is 0 Å². The predicted octanol–water partition coefficient (Wildman–Crippen LogP) is 4.49. The van der Waals surface area contributed by atoms with Gasteiger partial charge in [0, 0.05) is 50.9 Å². The molecule has 2 aromatic rings. The summed E-state index contributed by atoms with van der Waals surface area (Å²) in [5.74, 6) is -1.21. The maximum absolute atomic E-state index is 13.5. The Morgan fingerprint density at radius 1 is 1.07 bits per heavy atom. The Balaban J connectivity index is 1.47. The van der Waals surface area contributed by atoms with Crippen LogP contribution in [0.4, 0.5) is 18.9 Å². The predicted molar refractivity (Wildman–Crippen MR) is 145 cm³/mol. The zero-order valence-corrected chi connectivity index (χ0v) is 22.6. The normalized spacial score (nSPS) is 18.6. The molecular formula is C30H37F3N4O3. The summed E-state index contributed by atoms with van der Waals surface area (Å²) in [6.07, 6.45) is -0.0536. The number of benzene rings is 2. The largest absolute Gasteiger partial charge is 0.417 e. The lowest BCUT2D eigenvalue weighted by Crippen LogP contribution is -2.52. The number of piperidine rings is 1. The quantitative estimate of drug-likeness (QED) is 0.372. The van der Waals surface area contributed by atoms with E-state index in [0.29, 0.717) is 32.6 Å². The average molecular weight is 559 g/mol. The molecule has 0 radical (unpaired) electrons. The van der Waals surface area contributed by atoms with Crippen LogP contribution in [0, 0.1) is 17.2 Å². The molecule has 2 aromatic carbocycles. The van der Waals surface area contributed by atoms with Crippen molar-refractivity contribution in [2.45, 2.75) is 56.8 Å². The fourth-order valence-electron chi connectivity index (χ4n) is 5.59. The van der Waals surface area contributed by atoms with Gasteiger partial charge in [0.05, 0.1) is 17.2 Å². The van der Waals surface area contributed by atoms with Gasteiger partial charge in [0.2, 0.25) is 0 Å². The minimum absolute atomic E-state index is 0.00747. The second kappa shape index (κ2) is 13.6. The van der Waals surface area contributed by atoms with Gasteiger partial charge in [0.15, 0.2) is 0 Å². The SMILES string of the molecule is N#Cc1ccc(NC(=O)C(O)(Cc2cccc(CNCCN3CCCCC3)c2)C2CCOCC2)cc1C(F)(F)F. The molecule has 0 bridgehead atoms. The molecule has 10 heteroatoms. The van der Waals surface area contributed by atoms with Gasteiger partial charge in [-0.2, -0.15) is 18.4 Å². The summed E-state index contributed by atoms with van der Waals surface area (Å²) in [7, 11) is 0. The Labute approximate surface area is 233 Å². The van der Waals surface area contributed by atoms with Gasteiger partial charge >= 0.3 is 6.18 Å². The number of aliphatic hydroxyl groups is 1. The van der Waals surface area contributed by atoms with Gasteiger partial charge < -0.3 is 25.4 Å². The first-order valence-electron chi connectivity index (χ1n) is 13.9. The van der Waals surface area contributed by atoms with Crippen LogP contribution >= 0.6 is 0 Å². The van der Waals surface area contributed by atoms with Crippen molar-refractivity contribution in [3.63, 3.8) is 0 Å². The molecule has 7 nitrogen and oxygen atoms in total. The number of hydrogen-bond donors (Lipinski definition) is 3. The molecule has 1 unspecified atom stereocenters. The van der Waals surface area contributed by atoms with E-state index in [-0.39, 0.29) is 12.1 Å². The van der Waals surface area contributed by atoms with Gasteiger partial charge in [-0.25, -0.2) is 0 Å². The van der Waals surface area contributed by atoms with Gasteiger partial charge in [-0.3, -0.25) is 4.79 Å². The number of anilines is 1. The molecule has 0 saturated carbocycles. The number of halogens is 3. The highest BCUT2D eigenvalue weighted by Crippen LogP contribution is 2.35. The maximum atomic E-state index is 13.5. The lowest BCUT2D eigenvalue weighted by Gasteiger charge is -2.37. The molecule has 2 aliphatic rings. The van der Waals surface area contributed by atoms with Gasteiger partial charge in [0.25, 0.3) is 5.91 Å². The summed E-state index contributed by atoms with van der Waals surface area (Å²) in [5, 5.41) is 26.9. The number of carbonyl (C=O) groups excluding carboxylic acids is 1. The first-order chi connectivity index (χ1) is 19.2. The molecule has 0 spiro atoms. The number of nitriles is 1. The average Bonchev–Trinajstić information content (AvgIpc) is 2.96. The van der Waals surface area contributed by atoms with Crippen LogP contribution in [-0.4, -0.2) is 60.9 Å². The van der Waals surface area contributed by atoms with Crippen molar-refractivity contribution in [2.24, 2.45) is 5.92 Å². The van der Waals surface area contributed by atoms with E-state index in [4.69, 9.17) is 10.00 Å². The topological polar surface area (TPSA) is 97.6 Å². The Morgan fingerprint density at radius 2 is 1.80 bits per heavy atom. The molecule has 40 heavy (non-hydrogen) atoms. The van der Waals surface area contributed by atoms with Crippen LogP contribution in [0.2, 0.25) is 0 Å². The van der Waals surface area contributed by atoms with E-state index in [9.17, 15) is 23.1 Å². The number of nitrogens with one attached hydrogen (secondary N) is 2. The maximum Gasteiger partial charge on any atom is 0.417 e. The smallest absolute Gasteiger partial charge is 0.381 e. The number of hydrogen-bond acceptors (Lipinski definition) is 6. The number of alkyl halides is 3. The van der Waals surface area contributed by atoms with E-state index < -0.39 is 34.7 Å². The Bertz CT molecular complexity index is 1190. The third-order valence-electron chi connectivity index (χ3n) is 7.84. The minimum atomic E-state index is -4.76. The van der Waals surface area contributed by atoms with Crippen molar-refractivity contribution in [1.29, 1.82) is 5.26 Å². The lowest BCUT2D eigenvalue weighted by atomic mass is 9.77. The fraction of sp³-hybridized carbons (Fsp3) is 0.533. The molecule has 0 aromatic heterocycles. The third kappa shape index (κ3) is 7.82. The molecular weight excluding hydrogens is 521 g/mol. The van der Waals surface area contributed by atoms with Gasteiger partial charge in [-0.05, 0) is 68.1 Å². The Kier molecular flexibility index (Phi) is 10.2. The number of rotatable bonds is 10. The van der Waals surface area contributed by atoms with Crippen LogP contribution in [0.3, 0.4) is 0 Å². The van der Waals surface area contributed by atoms with Gasteiger partial charge in [-0.1, -0.05) is 30.7 Å². The first-order valence-corrected chi connectivity index (χ1v) is 13.9. The molecule has 2 aliphatic heterocycles. The standard InChI is InChI=1S/C30H37F3N4O3/c31-30(32,33)27-18-26(8-7-24(27)20-34)36-28(38)29(39,25-9-15-40-16-10-25)19-22-5-4-6-23(17-22)21-35-11-14-37-12-2-1-3-13-37/h4-8,17-18,25,35,39H,1-3,9-16,19,21H2,(H,36,38). The molecule has 2 saturated heterocycles. The number of carbonyl (C=O) groups is 1. The number of ether oxygens (including phenoxy) is 1. The summed E-state index contributed by atoms with van der Waals surface area (Å²) in [6, 6.07) is 12.2. The van der Waals surface area contributed by atoms with Crippen molar-refractivity contribution in [1.82, 2.24) is 10.2 Å². The molecule has 4 rings (SSSR count). The van der Waals surface area contributed by atoms with Crippen molar-refractivity contribution < 1.29 is 27.8 Å². The molecule has 3 N–H and O–H groups in total. The lowest BCUT2D eigenvalue weighted by molar-refractivity contribution is -0.144. The monoisotopic (exact) mass is 558 g/mol. The number of amides is 1. The van der Waals surface area contributed by atoms with E-state index in [1.54, 1.807) is 0 Å². The van der Waals surface area contributed by atoms with E-state index in [1.807, 2.05) is 24.3 Å². The summed E-state index contributed by atoms with van der Waals surface area (Å²) in [5.41, 5.74) is -1.89.